The summed E-state index contributed by atoms with van der Waals surface area (Å²) < 4.78 is 1.78. The fourth-order valence-electron chi connectivity index (χ4n) is 2.92. The summed E-state index contributed by atoms with van der Waals surface area (Å²) in [6.07, 6.45) is 4.02. The standard InChI is InChI=1S/C18H19N3O2S2/c1-4-9-25-18-20-17(23)15-13(10-14(22)19-16(15)21(18)2)11-5-7-12(24-3)8-6-11/h4-8,13H,1,9-10H2,2-3H3,(H,19,22)/t13-/m1/s1. The van der Waals surface area contributed by atoms with Crippen molar-refractivity contribution in [1.82, 2.24) is 9.55 Å². The second-order valence-electron chi connectivity index (χ2n) is 5.70. The van der Waals surface area contributed by atoms with Gasteiger partial charge in [0, 0.05) is 30.0 Å². The van der Waals surface area contributed by atoms with Gasteiger partial charge in [-0.15, -0.1) is 18.3 Å². The molecule has 1 atom stereocenters. The van der Waals surface area contributed by atoms with E-state index in [2.05, 4.69) is 16.9 Å². The minimum atomic E-state index is -0.279. The first-order chi connectivity index (χ1) is 12.0. The molecule has 0 radical (unpaired) electrons. The van der Waals surface area contributed by atoms with Gasteiger partial charge in [0.05, 0.1) is 5.56 Å². The number of benzene rings is 1. The Labute approximate surface area is 154 Å². The summed E-state index contributed by atoms with van der Waals surface area (Å²) in [5, 5.41) is 3.42. The minimum absolute atomic E-state index is 0.0905. The van der Waals surface area contributed by atoms with Crippen LogP contribution in [-0.4, -0.2) is 27.5 Å². The Kier molecular flexibility index (Phi) is 5.34. The van der Waals surface area contributed by atoms with Crippen molar-refractivity contribution in [1.29, 1.82) is 0 Å². The van der Waals surface area contributed by atoms with E-state index in [-0.39, 0.29) is 23.8 Å². The van der Waals surface area contributed by atoms with E-state index in [9.17, 15) is 9.59 Å². The average Bonchev–Trinajstić information content (AvgIpc) is 2.62. The zero-order valence-electron chi connectivity index (χ0n) is 14.1. The lowest BCUT2D eigenvalue weighted by molar-refractivity contribution is -0.116. The molecule has 0 fully saturated rings. The average molecular weight is 374 g/mol. The third-order valence-corrected chi connectivity index (χ3v) is 5.92. The second kappa shape index (κ2) is 7.49. The number of carbonyl (C=O) groups excluding carboxylic acids is 1. The summed E-state index contributed by atoms with van der Waals surface area (Å²) in [5.74, 6) is 0.824. The fourth-order valence-corrected chi connectivity index (χ4v) is 4.03. The molecular weight excluding hydrogens is 354 g/mol. The molecule has 0 aliphatic carbocycles. The third kappa shape index (κ3) is 3.52. The predicted molar refractivity (Wildman–Crippen MR) is 104 cm³/mol. The SMILES string of the molecule is C=CCSc1nc(=O)c2c(n1C)NC(=O)C[C@@H]2c1ccc(SC)cc1. The molecule has 0 saturated heterocycles. The maximum atomic E-state index is 12.7. The number of carbonyl (C=O) groups is 1. The van der Waals surface area contributed by atoms with Crippen molar-refractivity contribution < 1.29 is 4.79 Å². The van der Waals surface area contributed by atoms with E-state index in [0.717, 1.165) is 10.5 Å². The van der Waals surface area contributed by atoms with Crippen LogP contribution >= 0.6 is 23.5 Å². The molecule has 2 heterocycles. The highest BCUT2D eigenvalue weighted by molar-refractivity contribution is 7.99. The number of rotatable bonds is 5. The van der Waals surface area contributed by atoms with Gasteiger partial charge in [-0.3, -0.25) is 9.59 Å². The molecule has 5 nitrogen and oxygen atoms in total. The van der Waals surface area contributed by atoms with Crippen LogP contribution in [-0.2, 0) is 11.8 Å². The molecular formula is C18H19N3O2S2. The number of aromatic nitrogens is 2. The third-order valence-electron chi connectivity index (χ3n) is 4.15. The quantitative estimate of drug-likeness (QED) is 0.495. The summed E-state index contributed by atoms with van der Waals surface area (Å²) in [4.78, 5) is 30.3. The Bertz CT molecular complexity index is 875. The van der Waals surface area contributed by atoms with Crippen LogP contribution in [0.15, 0.2) is 51.8 Å². The lowest BCUT2D eigenvalue weighted by atomic mass is 9.87. The normalized spacial score (nSPS) is 16.2. The molecule has 1 N–H and O–H groups in total. The van der Waals surface area contributed by atoms with E-state index >= 15 is 0 Å². The van der Waals surface area contributed by atoms with Crippen molar-refractivity contribution in [2.45, 2.75) is 22.4 Å². The lowest BCUT2D eigenvalue weighted by Gasteiger charge is -2.27. The fraction of sp³-hybridized carbons (Fsp3) is 0.278. The highest BCUT2D eigenvalue weighted by atomic mass is 32.2. The van der Waals surface area contributed by atoms with Gasteiger partial charge in [-0.1, -0.05) is 30.0 Å². The van der Waals surface area contributed by atoms with E-state index in [0.29, 0.717) is 22.3 Å². The molecule has 1 aromatic carbocycles. The maximum absolute atomic E-state index is 12.7. The molecule has 1 amide bonds. The van der Waals surface area contributed by atoms with Crippen LogP contribution in [0, 0.1) is 0 Å². The maximum Gasteiger partial charge on any atom is 0.279 e. The van der Waals surface area contributed by atoms with Crippen molar-refractivity contribution >= 4 is 35.2 Å². The van der Waals surface area contributed by atoms with E-state index in [4.69, 9.17) is 0 Å². The Hall–Kier alpha value is -1.99. The first kappa shape index (κ1) is 17.8. The largest absolute Gasteiger partial charge is 0.312 e. The van der Waals surface area contributed by atoms with Gasteiger partial charge in [0.15, 0.2) is 5.16 Å². The van der Waals surface area contributed by atoms with E-state index in [1.54, 1.807) is 22.4 Å². The molecule has 0 saturated carbocycles. The van der Waals surface area contributed by atoms with Crippen LogP contribution in [0.25, 0.3) is 0 Å². The number of nitrogens with one attached hydrogen (secondary N) is 1. The van der Waals surface area contributed by atoms with Crippen molar-refractivity contribution in [2.24, 2.45) is 7.05 Å². The van der Waals surface area contributed by atoms with Gasteiger partial charge >= 0.3 is 0 Å². The van der Waals surface area contributed by atoms with Gasteiger partial charge < -0.3 is 9.88 Å². The highest BCUT2D eigenvalue weighted by Crippen LogP contribution is 2.36. The zero-order chi connectivity index (χ0) is 18.0. The van der Waals surface area contributed by atoms with Crippen LogP contribution in [0.4, 0.5) is 5.82 Å². The van der Waals surface area contributed by atoms with E-state index in [1.807, 2.05) is 37.6 Å². The number of thioether (sulfide) groups is 2. The lowest BCUT2D eigenvalue weighted by Crippen LogP contribution is -2.33. The van der Waals surface area contributed by atoms with Gasteiger partial charge in [0.2, 0.25) is 5.91 Å². The summed E-state index contributed by atoms with van der Waals surface area (Å²) in [5.41, 5.74) is 1.24. The molecule has 1 aliphatic rings. The smallest absolute Gasteiger partial charge is 0.279 e. The first-order valence-electron chi connectivity index (χ1n) is 7.83. The Morgan fingerprint density at radius 1 is 1.36 bits per heavy atom. The monoisotopic (exact) mass is 373 g/mol. The number of fused-ring (bicyclic) bond motifs is 1. The van der Waals surface area contributed by atoms with Crippen LogP contribution in [0.2, 0.25) is 0 Å². The van der Waals surface area contributed by atoms with Gasteiger partial charge in [-0.25, -0.2) is 0 Å². The molecule has 0 bridgehead atoms. The van der Waals surface area contributed by atoms with E-state index < -0.39 is 0 Å². The molecule has 25 heavy (non-hydrogen) atoms. The molecule has 7 heteroatoms. The Balaban J connectivity index is 2.10. The minimum Gasteiger partial charge on any atom is -0.312 e. The Morgan fingerprint density at radius 2 is 2.08 bits per heavy atom. The number of amides is 1. The first-order valence-corrected chi connectivity index (χ1v) is 10.0. The van der Waals surface area contributed by atoms with Gasteiger partial charge in [-0.05, 0) is 24.0 Å². The van der Waals surface area contributed by atoms with Crippen LogP contribution in [0.1, 0.15) is 23.5 Å². The number of hydrogen-bond acceptors (Lipinski definition) is 5. The zero-order valence-corrected chi connectivity index (χ0v) is 15.7. The number of nitrogens with zero attached hydrogens (tertiary/aromatic N) is 2. The van der Waals surface area contributed by atoms with Crippen LogP contribution < -0.4 is 10.9 Å². The van der Waals surface area contributed by atoms with Crippen molar-refractivity contribution in [3.63, 3.8) is 0 Å². The van der Waals surface area contributed by atoms with Gasteiger partial charge in [0.1, 0.15) is 5.82 Å². The summed E-state index contributed by atoms with van der Waals surface area (Å²) in [6.45, 7) is 3.69. The van der Waals surface area contributed by atoms with Crippen molar-refractivity contribution in [3.05, 3.63) is 58.4 Å². The molecule has 0 spiro atoms. The van der Waals surface area contributed by atoms with Crippen LogP contribution in [0.3, 0.4) is 0 Å². The number of anilines is 1. The molecule has 1 aromatic heterocycles. The predicted octanol–water partition coefficient (Wildman–Crippen LogP) is 3.25. The molecule has 2 aromatic rings. The molecule has 1 aliphatic heterocycles. The van der Waals surface area contributed by atoms with E-state index in [1.165, 1.54) is 11.8 Å². The second-order valence-corrected chi connectivity index (χ2v) is 7.57. The van der Waals surface area contributed by atoms with Gasteiger partial charge in [0.25, 0.3) is 5.56 Å². The summed E-state index contributed by atoms with van der Waals surface area (Å²) in [7, 11) is 1.82. The molecule has 0 unspecified atom stereocenters. The van der Waals surface area contributed by atoms with Crippen molar-refractivity contribution in [3.8, 4) is 0 Å². The van der Waals surface area contributed by atoms with Crippen molar-refractivity contribution in [2.75, 3.05) is 17.3 Å². The number of hydrogen-bond donors (Lipinski definition) is 1. The summed E-state index contributed by atoms with van der Waals surface area (Å²) in [6, 6.07) is 7.99. The Morgan fingerprint density at radius 3 is 2.72 bits per heavy atom. The molecule has 3 rings (SSSR count). The molecule has 130 valence electrons. The topological polar surface area (TPSA) is 64.0 Å². The van der Waals surface area contributed by atoms with Crippen LogP contribution in [0.5, 0.6) is 0 Å². The summed E-state index contributed by atoms with van der Waals surface area (Å²) >= 11 is 3.07. The van der Waals surface area contributed by atoms with Gasteiger partial charge in [-0.2, -0.15) is 4.98 Å². The highest BCUT2D eigenvalue weighted by Gasteiger charge is 2.31.